The van der Waals surface area contributed by atoms with Crippen LogP contribution in [0.15, 0.2) is 17.4 Å². The largest absolute Gasteiger partial charge is 0.409 e. The minimum absolute atomic E-state index is 0.121. The van der Waals surface area contributed by atoms with Crippen molar-refractivity contribution in [1.82, 2.24) is 4.98 Å². The van der Waals surface area contributed by atoms with Crippen molar-refractivity contribution < 1.29 is 15.4 Å². The van der Waals surface area contributed by atoms with E-state index in [4.69, 9.17) is 22.5 Å². The molecule has 1 aliphatic heterocycles. The number of rotatable bonds is 2. The summed E-state index contributed by atoms with van der Waals surface area (Å²) in [5.74, 6) is 0.264. The number of hydrogen-bond donors (Lipinski definition) is 4. The molecule has 0 amide bonds. The molecular formula is C10H13ClN4O3. The molecule has 2 atom stereocenters. The van der Waals surface area contributed by atoms with Crippen LogP contribution in [-0.2, 0) is 0 Å². The van der Waals surface area contributed by atoms with Crippen molar-refractivity contribution in [2.45, 2.75) is 12.2 Å². The maximum Gasteiger partial charge on any atom is 0.171 e. The molecule has 0 spiro atoms. The number of amidine groups is 1. The van der Waals surface area contributed by atoms with E-state index in [-0.39, 0.29) is 23.9 Å². The minimum atomic E-state index is -0.838. The summed E-state index contributed by atoms with van der Waals surface area (Å²) in [7, 11) is 0. The summed E-state index contributed by atoms with van der Waals surface area (Å²) in [6, 6.07) is 1.52. The average Bonchev–Trinajstić information content (AvgIpc) is 2.69. The Kier molecular flexibility index (Phi) is 3.55. The number of β-amino-alcohol motifs (C(OH)–C–C–N with tert-alkyl or cyclic N) is 2. The smallest absolute Gasteiger partial charge is 0.171 e. The zero-order valence-corrected chi connectivity index (χ0v) is 10.1. The predicted octanol–water partition coefficient (Wildman–Crippen LogP) is -0.629. The number of aromatic nitrogens is 1. The molecule has 1 fully saturated rings. The molecule has 2 heterocycles. The number of anilines is 1. The van der Waals surface area contributed by atoms with E-state index in [9.17, 15) is 10.2 Å². The third-order valence-corrected chi connectivity index (χ3v) is 3.19. The van der Waals surface area contributed by atoms with Crippen LogP contribution in [0.2, 0.25) is 5.02 Å². The lowest BCUT2D eigenvalue weighted by molar-refractivity contribution is 0.0572. The molecule has 1 saturated heterocycles. The highest BCUT2D eigenvalue weighted by atomic mass is 35.5. The van der Waals surface area contributed by atoms with Gasteiger partial charge >= 0.3 is 0 Å². The van der Waals surface area contributed by atoms with Gasteiger partial charge in [0, 0.05) is 24.8 Å². The van der Waals surface area contributed by atoms with Gasteiger partial charge in [-0.15, -0.1) is 0 Å². The molecule has 2 rings (SSSR count). The third kappa shape index (κ3) is 2.20. The summed E-state index contributed by atoms with van der Waals surface area (Å²) in [6.07, 6.45) is -0.211. The van der Waals surface area contributed by atoms with E-state index in [1.54, 1.807) is 4.90 Å². The van der Waals surface area contributed by atoms with Crippen molar-refractivity contribution in [3.8, 4) is 0 Å². The van der Waals surface area contributed by atoms with Gasteiger partial charge in [-0.2, -0.15) is 0 Å². The van der Waals surface area contributed by atoms with Gasteiger partial charge in [-0.25, -0.2) is 4.98 Å². The first-order chi connectivity index (χ1) is 8.54. The maximum absolute atomic E-state index is 9.49. The number of hydrogen-bond acceptors (Lipinski definition) is 6. The number of aliphatic hydroxyl groups excluding tert-OH is 2. The molecule has 5 N–H and O–H groups in total. The topological polar surface area (TPSA) is 115 Å². The van der Waals surface area contributed by atoms with Crippen molar-refractivity contribution in [2.24, 2.45) is 10.9 Å². The number of aliphatic hydroxyl groups is 2. The Morgan fingerprint density at radius 3 is 2.61 bits per heavy atom. The molecular weight excluding hydrogens is 260 g/mol. The highest BCUT2D eigenvalue weighted by Gasteiger charge is 2.31. The molecule has 0 saturated carbocycles. The summed E-state index contributed by atoms with van der Waals surface area (Å²) in [5, 5.41) is 30.7. The Morgan fingerprint density at radius 1 is 1.44 bits per heavy atom. The van der Waals surface area contributed by atoms with E-state index in [0.717, 1.165) is 0 Å². The Labute approximate surface area is 108 Å². The molecule has 1 aromatic rings. The van der Waals surface area contributed by atoms with Crippen LogP contribution in [0.1, 0.15) is 5.56 Å². The van der Waals surface area contributed by atoms with Gasteiger partial charge in [-0.05, 0) is 6.07 Å². The maximum atomic E-state index is 9.49. The second kappa shape index (κ2) is 4.97. The molecule has 0 aliphatic carbocycles. The van der Waals surface area contributed by atoms with Crippen molar-refractivity contribution >= 4 is 23.3 Å². The number of halogens is 1. The van der Waals surface area contributed by atoms with E-state index in [2.05, 4.69) is 10.1 Å². The number of oxime groups is 1. The SMILES string of the molecule is N/C(=N/O)c1ccnc(N2CC(O)C(O)C2)c1Cl. The van der Waals surface area contributed by atoms with Gasteiger partial charge in [0.1, 0.15) is 5.82 Å². The van der Waals surface area contributed by atoms with Crippen molar-refractivity contribution in [3.63, 3.8) is 0 Å². The summed E-state index contributed by atoms with van der Waals surface area (Å²) in [4.78, 5) is 5.73. The second-order valence-electron chi connectivity index (χ2n) is 4.02. The van der Waals surface area contributed by atoms with Crippen LogP contribution in [0.3, 0.4) is 0 Å². The number of pyridine rings is 1. The summed E-state index contributed by atoms with van der Waals surface area (Å²) in [5.41, 5.74) is 5.84. The lowest BCUT2D eigenvalue weighted by Gasteiger charge is -2.18. The first-order valence-electron chi connectivity index (χ1n) is 5.28. The Morgan fingerprint density at radius 2 is 2.06 bits per heavy atom. The molecule has 0 aromatic carbocycles. The van der Waals surface area contributed by atoms with Crippen LogP contribution in [-0.4, -0.2) is 51.5 Å². The van der Waals surface area contributed by atoms with Gasteiger partial charge in [0.05, 0.1) is 17.2 Å². The quantitative estimate of drug-likeness (QED) is 0.247. The first kappa shape index (κ1) is 12.9. The van der Waals surface area contributed by atoms with Gasteiger partial charge in [-0.3, -0.25) is 0 Å². The van der Waals surface area contributed by atoms with Gasteiger partial charge in [0.15, 0.2) is 5.84 Å². The molecule has 8 heteroatoms. The Hall–Kier alpha value is -1.57. The van der Waals surface area contributed by atoms with Crippen molar-refractivity contribution in [2.75, 3.05) is 18.0 Å². The summed E-state index contributed by atoms with van der Waals surface area (Å²) >= 11 is 6.12. The van der Waals surface area contributed by atoms with Crippen LogP contribution in [0.4, 0.5) is 5.82 Å². The lowest BCUT2D eigenvalue weighted by Crippen LogP contribution is -2.24. The fourth-order valence-electron chi connectivity index (χ4n) is 1.85. The van der Waals surface area contributed by atoms with E-state index < -0.39 is 12.2 Å². The monoisotopic (exact) mass is 272 g/mol. The third-order valence-electron chi connectivity index (χ3n) is 2.81. The zero-order chi connectivity index (χ0) is 13.3. The lowest BCUT2D eigenvalue weighted by atomic mass is 10.2. The van der Waals surface area contributed by atoms with Crippen LogP contribution in [0.25, 0.3) is 0 Å². The summed E-state index contributed by atoms with van der Waals surface area (Å²) < 4.78 is 0. The molecule has 0 radical (unpaired) electrons. The number of nitrogens with zero attached hydrogens (tertiary/aromatic N) is 3. The molecule has 18 heavy (non-hydrogen) atoms. The highest BCUT2D eigenvalue weighted by Crippen LogP contribution is 2.29. The van der Waals surface area contributed by atoms with Gasteiger partial charge in [0.2, 0.25) is 0 Å². The second-order valence-corrected chi connectivity index (χ2v) is 4.40. The standard InChI is InChI=1S/C10H13ClN4O3/c11-8-5(9(12)14-18)1-2-13-10(8)15-3-6(16)7(17)4-15/h1-2,6-7,16-18H,3-4H2,(H2,12,14). The van der Waals surface area contributed by atoms with Crippen molar-refractivity contribution in [3.05, 3.63) is 22.8 Å². The van der Waals surface area contributed by atoms with Crippen LogP contribution in [0.5, 0.6) is 0 Å². The van der Waals surface area contributed by atoms with Gasteiger partial charge in [-0.1, -0.05) is 16.8 Å². The van der Waals surface area contributed by atoms with E-state index in [0.29, 0.717) is 11.4 Å². The predicted molar refractivity (Wildman–Crippen MR) is 66.0 cm³/mol. The minimum Gasteiger partial charge on any atom is -0.409 e. The Bertz CT molecular complexity index is 472. The molecule has 2 unspecified atom stereocenters. The van der Waals surface area contributed by atoms with E-state index in [1.165, 1.54) is 12.3 Å². The number of nitrogens with two attached hydrogens (primary N) is 1. The van der Waals surface area contributed by atoms with Gasteiger partial charge in [0.25, 0.3) is 0 Å². The Balaban J connectivity index is 2.35. The normalized spacial score (nSPS) is 24.6. The van der Waals surface area contributed by atoms with Crippen LogP contribution in [0, 0.1) is 0 Å². The molecule has 7 nitrogen and oxygen atoms in total. The highest BCUT2D eigenvalue weighted by molar-refractivity contribution is 6.36. The van der Waals surface area contributed by atoms with Crippen LogP contribution < -0.4 is 10.6 Å². The van der Waals surface area contributed by atoms with Gasteiger partial charge < -0.3 is 26.1 Å². The molecule has 98 valence electrons. The van der Waals surface area contributed by atoms with Crippen molar-refractivity contribution in [1.29, 1.82) is 0 Å². The zero-order valence-electron chi connectivity index (χ0n) is 9.36. The van der Waals surface area contributed by atoms with E-state index >= 15 is 0 Å². The summed E-state index contributed by atoms with van der Waals surface area (Å²) in [6.45, 7) is 0.459. The molecule has 0 bridgehead atoms. The molecule has 1 aliphatic rings. The first-order valence-corrected chi connectivity index (χ1v) is 5.66. The van der Waals surface area contributed by atoms with Crippen LogP contribution >= 0.6 is 11.6 Å². The molecule has 1 aromatic heterocycles. The fraction of sp³-hybridized carbons (Fsp3) is 0.400. The fourth-order valence-corrected chi connectivity index (χ4v) is 2.18. The average molecular weight is 273 g/mol. The van der Waals surface area contributed by atoms with E-state index in [1.807, 2.05) is 0 Å².